The Morgan fingerprint density at radius 2 is 1.86 bits per heavy atom. The van der Waals surface area contributed by atoms with Gasteiger partial charge in [-0.05, 0) is 53.6 Å². The number of benzene rings is 2. The summed E-state index contributed by atoms with van der Waals surface area (Å²) in [5.41, 5.74) is 5.72. The quantitative estimate of drug-likeness (QED) is 0.777. The van der Waals surface area contributed by atoms with Gasteiger partial charge in [-0.1, -0.05) is 30.3 Å². The van der Waals surface area contributed by atoms with Crippen LogP contribution >= 0.6 is 0 Å². The molecule has 0 saturated heterocycles. The van der Waals surface area contributed by atoms with Crippen LogP contribution in [0.4, 0.5) is 0 Å². The Hall–Kier alpha value is -2.13. The molecule has 0 aliphatic heterocycles. The minimum absolute atomic E-state index is 0.0431. The van der Waals surface area contributed by atoms with E-state index < -0.39 is 0 Å². The highest BCUT2D eigenvalue weighted by Gasteiger charge is 2.42. The minimum atomic E-state index is -0.0530. The summed E-state index contributed by atoms with van der Waals surface area (Å²) < 4.78 is 0. The number of carbonyl (C=O) groups excluding carboxylic acids is 1. The molecule has 1 amide bonds. The number of aliphatic hydroxyl groups is 1. The largest absolute Gasteiger partial charge is 0.396 e. The van der Waals surface area contributed by atoms with Crippen LogP contribution in [0, 0.1) is 5.41 Å². The molecule has 2 aromatic rings. The fraction of sp³-hybridized carbons (Fsp3) is 0.316. The van der Waals surface area contributed by atoms with Crippen molar-refractivity contribution in [2.24, 2.45) is 5.41 Å². The molecule has 0 heterocycles. The number of hydrogen-bond acceptors (Lipinski definition) is 2. The van der Waals surface area contributed by atoms with E-state index in [2.05, 4.69) is 35.6 Å². The topological polar surface area (TPSA) is 49.3 Å². The van der Waals surface area contributed by atoms with Crippen molar-refractivity contribution in [3.63, 3.8) is 0 Å². The summed E-state index contributed by atoms with van der Waals surface area (Å²) in [7, 11) is 0. The van der Waals surface area contributed by atoms with Gasteiger partial charge in [-0.25, -0.2) is 0 Å². The SMILES string of the molecule is O=C(NCC1(CO)CC1)c1ccc2c(c1)Cc1ccccc1-2. The van der Waals surface area contributed by atoms with Crippen molar-refractivity contribution in [2.45, 2.75) is 19.3 Å². The molecule has 2 aliphatic rings. The van der Waals surface area contributed by atoms with E-state index in [1.807, 2.05) is 12.1 Å². The van der Waals surface area contributed by atoms with Gasteiger partial charge in [0.05, 0.1) is 6.61 Å². The maximum atomic E-state index is 12.3. The first kappa shape index (κ1) is 13.5. The van der Waals surface area contributed by atoms with Crippen LogP contribution in [0.2, 0.25) is 0 Å². The summed E-state index contributed by atoms with van der Waals surface area (Å²) >= 11 is 0. The summed E-state index contributed by atoms with van der Waals surface area (Å²) in [6, 6.07) is 14.3. The van der Waals surface area contributed by atoms with Gasteiger partial charge in [-0.2, -0.15) is 0 Å². The van der Waals surface area contributed by atoms with Crippen molar-refractivity contribution >= 4 is 5.91 Å². The molecule has 3 nitrogen and oxygen atoms in total. The van der Waals surface area contributed by atoms with Gasteiger partial charge in [-0.3, -0.25) is 4.79 Å². The zero-order valence-electron chi connectivity index (χ0n) is 12.4. The van der Waals surface area contributed by atoms with Crippen LogP contribution in [-0.2, 0) is 6.42 Å². The second kappa shape index (κ2) is 4.96. The molecule has 2 N–H and O–H groups in total. The van der Waals surface area contributed by atoms with Crippen molar-refractivity contribution in [1.29, 1.82) is 0 Å². The number of aliphatic hydroxyl groups excluding tert-OH is 1. The Morgan fingerprint density at radius 3 is 2.64 bits per heavy atom. The van der Waals surface area contributed by atoms with Gasteiger partial charge in [0, 0.05) is 17.5 Å². The highest BCUT2D eigenvalue weighted by Crippen LogP contribution is 2.44. The lowest BCUT2D eigenvalue weighted by atomic mass is 10.0. The average Bonchev–Trinajstić information content (AvgIpc) is 3.25. The van der Waals surface area contributed by atoms with Gasteiger partial charge in [0.2, 0.25) is 0 Å². The van der Waals surface area contributed by atoms with Gasteiger partial charge < -0.3 is 10.4 Å². The third-order valence-corrected chi connectivity index (χ3v) is 4.97. The smallest absolute Gasteiger partial charge is 0.251 e. The molecule has 112 valence electrons. The molecular formula is C19H19NO2. The maximum Gasteiger partial charge on any atom is 0.251 e. The number of nitrogens with one attached hydrogen (secondary N) is 1. The zero-order valence-corrected chi connectivity index (χ0v) is 12.4. The van der Waals surface area contributed by atoms with Gasteiger partial charge in [0.25, 0.3) is 5.91 Å². The lowest BCUT2D eigenvalue weighted by Gasteiger charge is -2.13. The lowest BCUT2D eigenvalue weighted by molar-refractivity contribution is 0.0935. The Morgan fingerprint density at radius 1 is 1.09 bits per heavy atom. The molecule has 22 heavy (non-hydrogen) atoms. The Bertz CT molecular complexity index is 747. The van der Waals surface area contributed by atoms with Crippen LogP contribution in [-0.4, -0.2) is 24.2 Å². The molecule has 0 atom stereocenters. The summed E-state index contributed by atoms with van der Waals surface area (Å²) in [6.07, 6.45) is 2.90. The van der Waals surface area contributed by atoms with Crippen molar-refractivity contribution < 1.29 is 9.90 Å². The van der Waals surface area contributed by atoms with E-state index in [1.165, 1.54) is 22.3 Å². The third-order valence-electron chi connectivity index (χ3n) is 4.97. The molecule has 1 fully saturated rings. The fourth-order valence-corrected chi connectivity index (χ4v) is 3.22. The van der Waals surface area contributed by atoms with E-state index in [9.17, 15) is 9.90 Å². The van der Waals surface area contributed by atoms with E-state index in [0.29, 0.717) is 12.1 Å². The van der Waals surface area contributed by atoms with Crippen molar-refractivity contribution in [2.75, 3.05) is 13.2 Å². The predicted molar refractivity (Wildman–Crippen MR) is 85.8 cm³/mol. The first-order valence-electron chi connectivity index (χ1n) is 7.81. The Labute approximate surface area is 130 Å². The molecule has 0 radical (unpaired) electrons. The van der Waals surface area contributed by atoms with Gasteiger partial charge in [0.15, 0.2) is 0 Å². The first-order chi connectivity index (χ1) is 10.7. The molecule has 2 aromatic carbocycles. The highest BCUT2D eigenvalue weighted by atomic mass is 16.3. The number of hydrogen-bond donors (Lipinski definition) is 2. The number of rotatable bonds is 4. The molecule has 0 unspecified atom stereocenters. The molecule has 1 saturated carbocycles. The molecule has 4 rings (SSSR count). The monoisotopic (exact) mass is 293 g/mol. The average molecular weight is 293 g/mol. The fourth-order valence-electron chi connectivity index (χ4n) is 3.22. The zero-order chi connectivity index (χ0) is 15.2. The van der Waals surface area contributed by atoms with E-state index in [-0.39, 0.29) is 17.9 Å². The molecule has 0 bridgehead atoms. The van der Waals surface area contributed by atoms with E-state index in [1.54, 1.807) is 0 Å². The third kappa shape index (κ3) is 2.22. The van der Waals surface area contributed by atoms with E-state index in [4.69, 9.17) is 0 Å². The standard InChI is InChI=1S/C19H19NO2/c21-12-19(7-8-19)11-20-18(22)14-5-6-17-15(10-14)9-13-3-1-2-4-16(13)17/h1-6,10,21H,7-9,11-12H2,(H,20,22). The van der Waals surface area contributed by atoms with Crippen LogP contribution in [0.3, 0.4) is 0 Å². The van der Waals surface area contributed by atoms with Crippen molar-refractivity contribution in [3.8, 4) is 11.1 Å². The molecule has 0 spiro atoms. The number of carbonyl (C=O) groups is 1. The summed E-state index contributed by atoms with van der Waals surface area (Å²) in [5, 5.41) is 12.3. The van der Waals surface area contributed by atoms with Crippen LogP contribution in [0.25, 0.3) is 11.1 Å². The molecular weight excluding hydrogens is 274 g/mol. The molecule has 0 aromatic heterocycles. The minimum Gasteiger partial charge on any atom is -0.396 e. The van der Waals surface area contributed by atoms with Gasteiger partial charge in [-0.15, -0.1) is 0 Å². The van der Waals surface area contributed by atoms with Crippen LogP contribution < -0.4 is 5.32 Å². The van der Waals surface area contributed by atoms with Crippen LogP contribution in [0.5, 0.6) is 0 Å². The van der Waals surface area contributed by atoms with Gasteiger partial charge in [0.1, 0.15) is 0 Å². The molecule has 2 aliphatic carbocycles. The summed E-state index contributed by atoms with van der Waals surface area (Å²) in [6.45, 7) is 0.729. The Kier molecular flexibility index (Phi) is 3.05. The summed E-state index contributed by atoms with van der Waals surface area (Å²) in [5.74, 6) is -0.0431. The predicted octanol–water partition coefficient (Wildman–Crippen LogP) is 2.76. The van der Waals surface area contributed by atoms with Crippen molar-refractivity contribution in [1.82, 2.24) is 5.32 Å². The lowest BCUT2D eigenvalue weighted by Crippen LogP contribution is -2.31. The summed E-state index contributed by atoms with van der Waals surface area (Å²) in [4.78, 5) is 12.3. The number of fused-ring (bicyclic) bond motifs is 3. The van der Waals surface area contributed by atoms with Crippen LogP contribution in [0.1, 0.15) is 34.3 Å². The van der Waals surface area contributed by atoms with Crippen LogP contribution in [0.15, 0.2) is 42.5 Å². The van der Waals surface area contributed by atoms with Gasteiger partial charge >= 0.3 is 0 Å². The first-order valence-corrected chi connectivity index (χ1v) is 7.81. The van der Waals surface area contributed by atoms with E-state index in [0.717, 1.165) is 19.3 Å². The molecule has 3 heteroatoms. The maximum absolute atomic E-state index is 12.3. The Balaban J connectivity index is 1.53. The normalized spacial score (nSPS) is 16.8. The number of amides is 1. The second-order valence-corrected chi connectivity index (χ2v) is 6.55. The highest BCUT2D eigenvalue weighted by molar-refractivity contribution is 5.95. The second-order valence-electron chi connectivity index (χ2n) is 6.55. The van der Waals surface area contributed by atoms with Crippen molar-refractivity contribution in [3.05, 3.63) is 59.2 Å². The van der Waals surface area contributed by atoms with E-state index >= 15 is 0 Å².